The van der Waals surface area contributed by atoms with E-state index >= 15 is 0 Å². The molecule has 0 aliphatic rings. The second-order valence-electron chi connectivity index (χ2n) is 4.05. The minimum Gasteiger partial charge on any atom is -0.436 e. The third-order valence-corrected chi connectivity index (χ3v) is 2.85. The Morgan fingerprint density at radius 3 is 2.80 bits per heavy atom. The molecule has 2 aromatic rings. The molecule has 1 heterocycles. The zero-order valence-electron chi connectivity index (χ0n) is 11.3. The van der Waals surface area contributed by atoms with E-state index in [1.165, 1.54) is 12.1 Å². The lowest BCUT2D eigenvalue weighted by atomic mass is 10.3. The number of hydrogen-bond donors (Lipinski definition) is 1. The summed E-state index contributed by atoms with van der Waals surface area (Å²) < 4.78 is 19.3. The quantitative estimate of drug-likeness (QED) is 0.904. The van der Waals surface area contributed by atoms with Crippen LogP contribution in [0.4, 0.5) is 10.2 Å². The molecular weight excluding hydrogens is 281 g/mol. The van der Waals surface area contributed by atoms with E-state index in [2.05, 4.69) is 15.3 Å². The van der Waals surface area contributed by atoms with Gasteiger partial charge in [0.2, 0.25) is 5.88 Å². The number of benzene rings is 1. The van der Waals surface area contributed by atoms with Crippen molar-refractivity contribution in [1.29, 1.82) is 0 Å². The van der Waals surface area contributed by atoms with E-state index in [9.17, 15) is 4.39 Å². The van der Waals surface area contributed by atoms with Gasteiger partial charge in [-0.25, -0.2) is 9.37 Å². The van der Waals surface area contributed by atoms with Gasteiger partial charge in [-0.15, -0.1) is 0 Å². The molecule has 2 rings (SSSR count). The predicted octanol–water partition coefficient (Wildman–Crippen LogP) is 4.06. The lowest BCUT2D eigenvalue weighted by Gasteiger charge is -2.10. The van der Waals surface area contributed by atoms with Crippen LogP contribution in [0.3, 0.4) is 0 Å². The Morgan fingerprint density at radius 1 is 1.30 bits per heavy atom. The van der Waals surface area contributed by atoms with Gasteiger partial charge in [0, 0.05) is 19.0 Å². The summed E-state index contributed by atoms with van der Waals surface area (Å²) in [7, 11) is 0. The summed E-state index contributed by atoms with van der Waals surface area (Å²) in [6.45, 7) is 4.63. The molecule has 0 atom stereocenters. The molecule has 0 radical (unpaired) electrons. The van der Waals surface area contributed by atoms with Gasteiger partial charge in [0.1, 0.15) is 11.6 Å². The molecule has 0 amide bonds. The van der Waals surface area contributed by atoms with E-state index in [1.807, 2.05) is 13.8 Å². The average molecular weight is 296 g/mol. The van der Waals surface area contributed by atoms with Crippen molar-refractivity contribution in [3.05, 3.63) is 40.9 Å². The maximum atomic E-state index is 13.8. The van der Waals surface area contributed by atoms with Gasteiger partial charge in [-0.3, -0.25) is 0 Å². The number of anilines is 1. The summed E-state index contributed by atoms with van der Waals surface area (Å²) in [5.74, 6) is 1.00. The van der Waals surface area contributed by atoms with Gasteiger partial charge in [0.25, 0.3) is 0 Å². The van der Waals surface area contributed by atoms with E-state index in [0.29, 0.717) is 18.1 Å². The highest BCUT2D eigenvalue weighted by atomic mass is 35.5. The van der Waals surface area contributed by atoms with Gasteiger partial charge < -0.3 is 10.1 Å². The molecular formula is C14H15ClFN3O. The largest absolute Gasteiger partial charge is 0.436 e. The van der Waals surface area contributed by atoms with Crippen LogP contribution in [0.5, 0.6) is 11.6 Å². The van der Waals surface area contributed by atoms with Crippen molar-refractivity contribution in [2.24, 2.45) is 0 Å². The fraction of sp³-hybridized carbons (Fsp3) is 0.286. The molecule has 106 valence electrons. The minimum absolute atomic E-state index is 0.0131. The number of hydrogen-bond acceptors (Lipinski definition) is 4. The molecule has 0 aliphatic carbocycles. The molecule has 1 aromatic carbocycles. The normalized spacial score (nSPS) is 10.4. The van der Waals surface area contributed by atoms with Crippen LogP contribution in [0.2, 0.25) is 5.02 Å². The Balaban J connectivity index is 2.32. The molecule has 0 spiro atoms. The van der Waals surface area contributed by atoms with Gasteiger partial charge in [-0.05, 0) is 19.1 Å². The highest BCUT2D eigenvalue weighted by Gasteiger charge is 2.11. The molecule has 0 fully saturated rings. The molecule has 20 heavy (non-hydrogen) atoms. The van der Waals surface area contributed by atoms with Crippen LogP contribution in [-0.4, -0.2) is 16.5 Å². The third kappa shape index (κ3) is 3.36. The van der Waals surface area contributed by atoms with Crippen molar-refractivity contribution in [3.63, 3.8) is 0 Å². The number of nitrogens with one attached hydrogen (secondary N) is 1. The van der Waals surface area contributed by atoms with Crippen LogP contribution in [-0.2, 0) is 6.42 Å². The number of ether oxygens (including phenoxy) is 1. The van der Waals surface area contributed by atoms with Crippen molar-refractivity contribution in [1.82, 2.24) is 9.97 Å². The highest BCUT2D eigenvalue weighted by Crippen LogP contribution is 2.28. The smallest absolute Gasteiger partial charge is 0.224 e. The highest BCUT2D eigenvalue weighted by molar-refractivity contribution is 6.30. The number of halogens is 2. The van der Waals surface area contributed by atoms with Crippen LogP contribution >= 0.6 is 11.6 Å². The molecule has 0 bridgehead atoms. The first-order valence-corrected chi connectivity index (χ1v) is 6.75. The molecule has 1 aromatic heterocycles. The SMILES string of the molecule is CCNc1cc(Oc2cccc(Cl)c2F)nc(CC)n1. The van der Waals surface area contributed by atoms with E-state index in [4.69, 9.17) is 16.3 Å². The zero-order valence-corrected chi connectivity index (χ0v) is 12.0. The van der Waals surface area contributed by atoms with Crippen molar-refractivity contribution >= 4 is 17.4 Å². The average Bonchev–Trinajstić information content (AvgIpc) is 2.44. The Labute approximate surface area is 122 Å². The van der Waals surface area contributed by atoms with Gasteiger partial charge in [0.15, 0.2) is 11.6 Å². The summed E-state index contributed by atoms with van der Waals surface area (Å²) in [5, 5.41) is 3.10. The Hall–Kier alpha value is -1.88. The van der Waals surface area contributed by atoms with Gasteiger partial charge >= 0.3 is 0 Å². The molecule has 4 nitrogen and oxygen atoms in total. The summed E-state index contributed by atoms with van der Waals surface area (Å²) >= 11 is 5.72. The second-order valence-corrected chi connectivity index (χ2v) is 4.45. The summed E-state index contributed by atoms with van der Waals surface area (Å²) in [4.78, 5) is 8.52. The van der Waals surface area contributed by atoms with Gasteiger partial charge in [-0.2, -0.15) is 4.98 Å². The van der Waals surface area contributed by atoms with E-state index in [1.54, 1.807) is 12.1 Å². The van der Waals surface area contributed by atoms with Crippen molar-refractivity contribution in [2.75, 3.05) is 11.9 Å². The number of aryl methyl sites for hydroxylation is 1. The minimum atomic E-state index is -0.601. The first kappa shape index (κ1) is 14.5. The predicted molar refractivity (Wildman–Crippen MR) is 77.1 cm³/mol. The van der Waals surface area contributed by atoms with E-state index < -0.39 is 5.82 Å². The Morgan fingerprint density at radius 2 is 2.10 bits per heavy atom. The molecule has 0 saturated carbocycles. The zero-order chi connectivity index (χ0) is 14.5. The lowest BCUT2D eigenvalue weighted by molar-refractivity contribution is 0.425. The fourth-order valence-corrected chi connectivity index (χ4v) is 1.80. The van der Waals surface area contributed by atoms with Crippen LogP contribution in [0, 0.1) is 5.82 Å². The van der Waals surface area contributed by atoms with Crippen LogP contribution in [0.1, 0.15) is 19.7 Å². The van der Waals surface area contributed by atoms with Crippen molar-refractivity contribution in [2.45, 2.75) is 20.3 Å². The number of rotatable bonds is 5. The molecule has 0 saturated heterocycles. The molecule has 0 aliphatic heterocycles. The lowest BCUT2D eigenvalue weighted by Crippen LogP contribution is -2.04. The van der Waals surface area contributed by atoms with Crippen LogP contribution in [0.15, 0.2) is 24.3 Å². The summed E-state index contributed by atoms with van der Waals surface area (Å²) in [6.07, 6.45) is 0.660. The maximum absolute atomic E-state index is 13.8. The fourth-order valence-electron chi connectivity index (χ4n) is 1.63. The van der Waals surface area contributed by atoms with Gasteiger partial charge in [-0.1, -0.05) is 24.6 Å². The topological polar surface area (TPSA) is 47.0 Å². The molecule has 6 heteroatoms. The monoisotopic (exact) mass is 295 g/mol. The van der Waals surface area contributed by atoms with Gasteiger partial charge in [0.05, 0.1) is 5.02 Å². The summed E-state index contributed by atoms with van der Waals surface area (Å²) in [6, 6.07) is 6.21. The Bertz CT molecular complexity index is 607. The van der Waals surface area contributed by atoms with Crippen LogP contribution in [0.25, 0.3) is 0 Å². The third-order valence-electron chi connectivity index (χ3n) is 2.55. The van der Waals surface area contributed by atoms with Crippen molar-refractivity contribution < 1.29 is 9.13 Å². The molecule has 0 unspecified atom stereocenters. The summed E-state index contributed by atoms with van der Waals surface area (Å²) in [5.41, 5.74) is 0. The molecule has 1 N–H and O–H groups in total. The first-order chi connectivity index (χ1) is 9.63. The number of nitrogens with zero attached hydrogens (tertiary/aromatic N) is 2. The van der Waals surface area contributed by atoms with E-state index in [0.717, 1.165) is 6.54 Å². The second kappa shape index (κ2) is 6.52. The van der Waals surface area contributed by atoms with E-state index in [-0.39, 0.29) is 16.7 Å². The van der Waals surface area contributed by atoms with Crippen molar-refractivity contribution in [3.8, 4) is 11.6 Å². The first-order valence-electron chi connectivity index (χ1n) is 6.37. The number of aromatic nitrogens is 2. The van der Waals surface area contributed by atoms with Crippen LogP contribution < -0.4 is 10.1 Å². The standard InChI is InChI=1S/C14H15ClFN3O/c1-3-11-18-12(17-4-2)8-13(19-11)20-10-7-5-6-9(15)14(10)16/h5-8H,3-4H2,1-2H3,(H,17,18,19). The maximum Gasteiger partial charge on any atom is 0.224 e. The Kier molecular flexibility index (Phi) is 4.74.